The maximum absolute atomic E-state index is 14.4. The first-order valence-corrected chi connectivity index (χ1v) is 10.5. The summed E-state index contributed by atoms with van der Waals surface area (Å²) in [6, 6.07) is 21.3. The summed E-state index contributed by atoms with van der Waals surface area (Å²) in [6.45, 7) is 2.10. The predicted molar refractivity (Wildman–Crippen MR) is 120 cm³/mol. The summed E-state index contributed by atoms with van der Waals surface area (Å²) < 4.78 is 14.4. The number of carbonyl (C=O) groups is 3. The number of aryl methyl sites for hydroxylation is 1. The lowest BCUT2D eigenvalue weighted by molar-refractivity contribution is -0.122. The molecular weight excluding hydrogens is 407 g/mol. The van der Waals surface area contributed by atoms with E-state index in [1.54, 1.807) is 18.2 Å². The molecule has 1 heterocycles. The average Bonchev–Trinajstić information content (AvgIpc) is 3.09. The molecule has 1 fully saturated rings. The minimum Gasteiger partial charge on any atom is -0.326 e. The van der Waals surface area contributed by atoms with Gasteiger partial charge >= 0.3 is 0 Å². The van der Waals surface area contributed by atoms with Crippen molar-refractivity contribution in [2.24, 2.45) is 0 Å². The summed E-state index contributed by atoms with van der Waals surface area (Å²) in [7, 11) is 0. The quantitative estimate of drug-likeness (QED) is 0.552. The van der Waals surface area contributed by atoms with Crippen LogP contribution in [0.4, 0.5) is 10.1 Å². The number of imide groups is 1. The first-order valence-electron chi connectivity index (χ1n) is 10.5. The van der Waals surface area contributed by atoms with E-state index in [1.807, 2.05) is 49.4 Å². The third-order valence-corrected chi connectivity index (χ3v) is 5.64. The fraction of sp³-hybridized carbons (Fsp3) is 0.192. The van der Waals surface area contributed by atoms with Crippen LogP contribution in [0.25, 0.3) is 0 Å². The van der Waals surface area contributed by atoms with Gasteiger partial charge < -0.3 is 4.90 Å². The van der Waals surface area contributed by atoms with E-state index in [-0.39, 0.29) is 24.4 Å². The molecule has 0 saturated carbocycles. The second-order valence-corrected chi connectivity index (χ2v) is 7.84. The van der Waals surface area contributed by atoms with E-state index < -0.39 is 23.7 Å². The number of rotatable bonds is 6. The molecule has 0 aromatic heterocycles. The van der Waals surface area contributed by atoms with Crippen molar-refractivity contribution < 1.29 is 18.8 Å². The highest BCUT2D eigenvalue weighted by Crippen LogP contribution is 2.27. The maximum atomic E-state index is 14.4. The van der Waals surface area contributed by atoms with Gasteiger partial charge in [0.2, 0.25) is 5.91 Å². The Labute approximate surface area is 186 Å². The van der Waals surface area contributed by atoms with Crippen molar-refractivity contribution in [2.45, 2.75) is 25.8 Å². The summed E-state index contributed by atoms with van der Waals surface area (Å²) in [6.07, 6.45) is 0.339. The standard InChI is InChI=1S/C26H23FN2O3/c1-18-11-13-20(14-12-18)29-24(30)17-23(26(29)32)28(16-15-19-7-3-2-4-8-19)25(31)21-9-5-6-10-22(21)27/h2-14,23H,15-17H2,1H3. The van der Waals surface area contributed by atoms with Crippen molar-refractivity contribution in [3.8, 4) is 0 Å². The number of anilines is 1. The molecule has 0 aliphatic carbocycles. The van der Waals surface area contributed by atoms with Gasteiger partial charge in [-0.15, -0.1) is 0 Å². The molecule has 0 radical (unpaired) electrons. The number of halogens is 1. The van der Waals surface area contributed by atoms with E-state index in [2.05, 4.69) is 0 Å². The van der Waals surface area contributed by atoms with E-state index in [1.165, 1.54) is 23.1 Å². The monoisotopic (exact) mass is 430 g/mol. The van der Waals surface area contributed by atoms with E-state index in [0.29, 0.717) is 12.1 Å². The van der Waals surface area contributed by atoms with Gasteiger partial charge in [0.25, 0.3) is 11.8 Å². The highest BCUT2D eigenvalue weighted by Gasteiger charge is 2.44. The zero-order chi connectivity index (χ0) is 22.7. The fourth-order valence-corrected chi connectivity index (χ4v) is 3.91. The molecule has 0 N–H and O–H groups in total. The first kappa shape index (κ1) is 21.4. The molecule has 1 atom stereocenters. The lowest BCUT2D eigenvalue weighted by atomic mass is 10.1. The highest BCUT2D eigenvalue weighted by atomic mass is 19.1. The predicted octanol–water partition coefficient (Wildman–Crippen LogP) is 4.15. The van der Waals surface area contributed by atoms with Crippen LogP contribution in [0.3, 0.4) is 0 Å². The summed E-state index contributed by atoms with van der Waals surface area (Å²) in [5.74, 6) is -2.11. The Balaban J connectivity index is 1.65. The van der Waals surface area contributed by atoms with Gasteiger partial charge in [-0.05, 0) is 43.2 Å². The van der Waals surface area contributed by atoms with Crippen molar-refractivity contribution in [1.29, 1.82) is 0 Å². The van der Waals surface area contributed by atoms with Crippen molar-refractivity contribution in [3.63, 3.8) is 0 Å². The Kier molecular flexibility index (Phi) is 6.12. The van der Waals surface area contributed by atoms with Crippen molar-refractivity contribution in [3.05, 3.63) is 101 Å². The molecule has 5 nitrogen and oxygen atoms in total. The zero-order valence-electron chi connectivity index (χ0n) is 17.7. The number of amides is 3. The first-order chi connectivity index (χ1) is 15.5. The van der Waals surface area contributed by atoms with Gasteiger partial charge in [-0.1, -0.05) is 60.2 Å². The molecule has 1 unspecified atom stereocenters. The third kappa shape index (κ3) is 4.30. The van der Waals surface area contributed by atoms with E-state index in [4.69, 9.17) is 0 Å². The minimum absolute atomic E-state index is 0.116. The van der Waals surface area contributed by atoms with Gasteiger partial charge in [0, 0.05) is 6.54 Å². The molecule has 6 heteroatoms. The Morgan fingerprint density at radius 3 is 2.31 bits per heavy atom. The minimum atomic E-state index is -0.986. The lowest BCUT2D eigenvalue weighted by Crippen LogP contribution is -2.46. The van der Waals surface area contributed by atoms with Crippen LogP contribution in [-0.2, 0) is 16.0 Å². The van der Waals surface area contributed by atoms with Crippen LogP contribution in [-0.4, -0.2) is 35.2 Å². The van der Waals surface area contributed by atoms with Gasteiger partial charge in [-0.2, -0.15) is 0 Å². The van der Waals surface area contributed by atoms with Crippen molar-refractivity contribution in [1.82, 2.24) is 4.90 Å². The van der Waals surface area contributed by atoms with E-state index >= 15 is 0 Å². The van der Waals surface area contributed by atoms with Gasteiger partial charge in [0.1, 0.15) is 11.9 Å². The SMILES string of the molecule is Cc1ccc(N2C(=O)CC(N(CCc3ccccc3)C(=O)c3ccccc3F)C2=O)cc1. The number of hydrogen-bond acceptors (Lipinski definition) is 3. The molecule has 0 spiro atoms. The molecule has 0 bridgehead atoms. The second-order valence-electron chi connectivity index (χ2n) is 7.84. The van der Waals surface area contributed by atoms with Gasteiger partial charge in [-0.3, -0.25) is 14.4 Å². The average molecular weight is 430 g/mol. The third-order valence-electron chi connectivity index (χ3n) is 5.64. The second kappa shape index (κ2) is 9.14. The maximum Gasteiger partial charge on any atom is 0.257 e. The smallest absolute Gasteiger partial charge is 0.257 e. The number of carbonyl (C=O) groups excluding carboxylic acids is 3. The Morgan fingerprint density at radius 2 is 1.62 bits per heavy atom. The highest BCUT2D eigenvalue weighted by molar-refractivity contribution is 6.23. The lowest BCUT2D eigenvalue weighted by Gasteiger charge is -2.28. The summed E-state index contributed by atoms with van der Waals surface area (Å²) >= 11 is 0. The summed E-state index contributed by atoms with van der Waals surface area (Å²) in [5, 5.41) is 0. The molecular formula is C26H23FN2O3. The molecule has 162 valence electrons. The Morgan fingerprint density at radius 1 is 0.969 bits per heavy atom. The summed E-state index contributed by atoms with van der Waals surface area (Å²) in [5.41, 5.74) is 2.33. The fourth-order valence-electron chi connectivity index (χ4n) is 3.91. The van der Waals surface area contributed by atoms with Crippen LogP contribution in [0.5, 0.6) is 0 Å². The van der Waals surface area contributed by atoms with Crippen molar-refractivity contribution in [2.75, 3.05) is 11.4 Å². The zero-order valence-corrected chi connectivity index (χ0v) is 17.7. The molecule has 1 aliphatic rings. The van der Waals surface area contributed by atoms with Gasteiger partial charge in [0.15, 0.2) is 0 Å². The van der Waals surface area contributed by atoms with Crippen LogP contribution in [0.1, 0.15) is 27.9 Å². The van der Waals surface area contributed by atoms with Crippen LogP contribution in [0.15, 0.2) is 78.9 Å². The van der Waals surface area contributed by atoms with E-state index in [9.17, 15) is 18.8 Å². The normalized spacial score (nSPS) is 15.8. The number of benzene rings is 3. The van der Waals surface area contributed by atoms with E-state index in [0.717, 1.165) is 16.0 Å². The molecule has 1 aliphatic heterocycles. The number of hydrogen-bond donors (Lipinski definition) is 0. The Hall–Kier alpha value is -3.80. The van der Waals surface area contributed by atoms with Crippen LogP contribution >= 0.6 is 0 Å². The van der Waals surface area contributed by atoms with Gasteiger partial charge in [0.05, 0.1) is 17.7 Å². The topological polar surface area (TPSA) is 57.7 Å². The van der Waals surface area contributed by atoms with Crippen molar-refractivity contribution >= 4 is 23.4 Å². The molecule has 4 rings (SSSR count). The van der Waals surface area contributed by atoms with Crippen LogP contribution < -0.4 is 4.90 Å². The summed E-state index contributed by atoms with van der Waals surface area (Å²) in [4.78, 5) is 41.8. The number of nitrogens with zero attached hydrogens (tertiary/aromatic N) is 2. The molecule has 32 heavy (non-hydrogen) atoms. The van der Waals surface area contributed by atoms with Gasteiger partial charge in [-0.25, -0.2) is 9.29 Å². The molecule has 1 saturated heterocycles. The molecule has 3 aromatic rings. The largest absolute Gasteiger partial charge is 0.326 e. The molecule has 3 amide bonds. The molecule has 3 aromatic carbocycles. The Bertz CT molecular complexity index is 1150. The van der Waals surface area contributed by atoms with Crippen LogP contribution in [0, 0.1) is 12.7 Å². The van der Waals surface area contributed by atoms with Crippen LogP contribution in [0.2, 0.25) is 0 Å².